The third-order valence-corrected chi connectivity index (χ3v) is 5.71. The smallest absolute Gasteiger partial charge is 0.325 e. The Hall–Kier alpha value is -3.19. The van der Waals surface area contributed by atoms with Crippen LogP contribution in [0.4, 0.5) is 5.69 Å². The number of aromatic hydroxyl groups is 1. The monoisotopic (exact) mass is 393 g/mol. The van der Waals surface area contributed by atoms with E-state index in [0.29, 0.717) is 17.4 Å². The summed E-state index contributed by atoms with van der Waals surface area (Å²) in [6.07, 6.45) is 0.845. The molecule has 0 spiro atoms. The van der Waals surface area contributed by atoms with E-state index in [1.165, 1.54) is 17.2 Å². The van der Waals surface area contributed by atoms with Gasteiger partial charge in [0, 0.05) is 18.5 Å². The number of benzene rings is 2. The van der Waals surface area contributed by atoms with E-state index in [4.69, 9.17) is 4.74 Å². The van der Waals surface area contributed by atoms with E-state index in [1.807, 2.05) is 36.4 Å². The van der Waals surface area contributed by atoms with Crippen LogP contribution in [0.15, 0.2) is 41.6 Å². The van der Waals surface area contributed by atoms with Gasteiger partial charge in [-0.05, 0) is 46.5 Å². The van der Waals surface area contributed by atoms with Crippen LogP contribution in [-0.2, 0) is 29.0 Å². The maximum absolute atomic E-state index is 12.0. The minimum atomic E-state index is -0.501. The number of ether oxygens (including phenoxy) is 1. The van der Waals surface area contributed by atoms with Crippen molar-refractivity contribution in [2.45, 2.75) is 26.4 Å². The van der Waals surface area contributed by atoms with Crippen molar-refractivity contribution in [3.63, 3.8) is 0 Å². The van der Waals surface area contributed by atoms with E-state index in [2.05, 4.69) is 17.0 Å². The maximum atomic E-state index is 12.0. The molecule has 7 nitrogen and oxygen atoms in total. The predicted molar refractivity (Wildman–Crippen MR) is 111 cm³/mol. The van der Waals surface area contributed by atoms with Gasteiger partial charge >= 0.3 is 5.97 Å². The molecular weight excluding hydrogens is 370 g/mol. The zero-order valence-corrected chi connectivity index (χ0v) is 16.5. The molecule has 7 heteroatoms. The first-order chi connectivity index (χ1) is 14.1. The molecule has 150 valence electrons. The highest BCUT2D eigenvalue weighted by atomic mass is 16.5. The molecule has 0 unspecified atom stereocenters. The standard InChI is InChI=1S/C22H23N3O4/c1-3-24-10-9-15-16(14-7-5-4-6-8-14)11-17-20(23-28)22(27)25(13-19(26)29-2)21(17)18(15)12-24/h4-8,11,27H,3,9-10,12-13H2,1-2H3. The topological polar surface area (TPSA) is 84.1 Å². The van der Waals surface area contributed by atoms with Gasteiger partial charge in [0.25, 0.3) is 0 Å². The second-order valence-corrected chi connectivity index (χ2v) is 7.19. The number of rotatable bonds is 5. The highest BCUT2D eigenvalue weighted by Crippen LogP contribution is 2.45. The van der Waals surface area contributed by atoms with Crippen molar-refractivity contribution in [2.24, 2.45) is 5.18 Å². The molecule has 2 heterocycles. The van der Waals surface area contributed by atoms with Crippen molar-refractivity contribution in [2.75, 3.05) is 20.2 Å². The summed E-state index contributed by atoms with van der Waals surface area (Å²) >= 11 is 0. The number of esters is 1. The summed E-state index contributed by atoms with van der Waals surface area (Å²) < 4.78 is 6.24. The van der Waals surface area contributed by atoms with E-state index >= 15 is 0 Å². The molecule has 4 rings (SSSR count). The fraction of sp³-hybridized carbons (Fsp3) is 0.318. The van der Waals surface area contributed by atoms with Gasteiger partial charge in [-0.2, -0.15) is 0 Å². The fourth-order valence-corrected chi connectivity index (χ4v) is 4.22. The van der Waals surface area contributed by atoms with E-state index in [-0.39, 0.29) is 18.1 Å². The maximum Gasteiger partial charge on any atom is 0.325 e. The Morgan fingerprint density at radius 3 is 2.66 bits per heavy atom. The van der Waals surface area contributed by atoms with Crippen LogP contribution < -0.4 is 0 Å². The lowest BCUT2D eigenvalue weighted by Gasteiger charge is -2.30. The Bertz CT molecular complexity index is 1090. The van der Waals surface area contributed by atoms with Crippen molar-refractivity contribution < 1.29 is 14.6 Å². The third-order valence-electron chi connectivity index (χ3n) is 5.71. The third kappa shape index (κ3) is 3.17. The summed E-state index contributed by atoms with van der Waals surface area (Å²) in [5.74, 6) is -0.805. The van der Waals surface area contributed by atoms with Crippen LogP contribution in [0.1, 0.15) is 18.1 Å². The summed E-state index contributed by atoms with van der Waals surface area (Å²) in [5.41, 5.74) is 4.91. The molecule has 1 aliphatic heterocycles. The van der Waals surface area contributed by atoms with E-state index < -0.39 is 5.97 Å². The van der Waals surface area contributed by atoms with E-state index in [0.717, 1.165) is 36.2 Å². The Morgan fingerprint density at radius 1 is 1.24 bits per heavy atom. The number of hydrogen-bond acceptors (Lipinski definition) is 6. The molecule has 0 saturated heterocycles. The van der Waals surface area contributed by atoms with Crippen molar-refractivity contribution >= 4 is 22.6 Å². The zero-order chi connectivity index (χ0) is 20.5. The van der Waals surface area contributed by atoms with Crippen LogP contribution in [0.25, 0.3) is 22.0 Å². The molecule has 0 saturated carbocycles. The molecule has 2 aromatic carbocycles. The summed E-state index contributed by atoms with van der Waals surface area (Å²) in [6.45, 7) is 4.41. The molecule has 1 aromatic heterocycles. The summed E-state index contributed by atoms with van der Waals surface area (Å²) in [7, 11) is 1.30. The number of carbonyl (C=O) groups is 1. The number of fused-ring (bicyclic) bond motifs is 3. The Morgan fingerprint density at radius 2 is 2.00 bits per heavy atom. The minimum absolute atomic E-state index is 0.0440. The second-order valence-electron chi connectivity index (χ2n) is 7.19. The largest absolute Gasteiger partial charge is 0.493 e. The first-order valence-corrected chi connectivity index (χ1v) is 9.66. The van der Waals surface area contributed by atoms with Gasteiger partial charge in [-0.3, -0.25) is 14.3 Å². The minimum Gasteiger partial charge on any atom is -0.493 e. The van der Waals surface area contributed by atoms with Crippen molar-refractivity contribution in [3.05, 3.63) is 52.4 Å². The number of likely N-dealkylation sites (N-methyl/N-ethyl adjacent to an activating group) is 1. The molecule has 0 fully saturated rings. The summed E-state index contributed by atoms with van der Waals surface area (Å²) in [6, 6.07) is 11.9. The highest BCUT2D eigenvalue weighted by Gasteiger charge is 2.28. The normalized spacial score (nSPS) is 14.0. The first kappa shape index (κ1) is 19.1. The lowest BCUT2D eigenvalue weighted by Crippen LogP contribution is -2.31. The molecule has 1 N–H and O–H groups in total. The number of carbonyl (C=O) groups excluding carboxylic acids is 1. The lowest BCUT2D eigenvalue weighted by molar-refractivity contribution is -0.141. The molecule has 0 atom stereocenters. The van der Waals surface area contributed by atoms with Gasteiger partial charge in [-0.15, -0.1) is 4.91 Å². The van der Waals surface area contributed by atoms with Gasteiger partial charge in [0.2, 0.25) is 5.88 Å². The van der Waals surface area contributed by atoms with Crippen LogP contribution in [0.5, 0.6) is 5.88 Å². The molecule has 0 amide bonds. The van der Waals surface area contributed by atoms with Gasteiger partial charge in [0.05, 0.1) is 12.6 Å². The summed E-state index contributed by atoms with van der Waals surface area (Å²) in [5, 5.41) is 14.3. The predicted octanol–water partition coefficient (Wildman–Crippen LogP) is 3.96. The van der Waals surface area contributed by atoms with Crippen LogP contribution in [-0.4, -0.2) is 40.7 Å². The molecule has 0 bridgehead atoms. The van der Waals surface area contributed by atoms with Gasteiger partial charge in [0.1, 0.15) is 6.54 Å². The van der Waals surface area contributed by atoms with Crippen LogP contribution in [0.2, 0.25) is 0 Å². The van der Waals surface area contributed by atoms with Gasteiger partial charge in [-0.25, -0.2) is 0 Å². The molecule has 1 aliphatic rings. The quantitative estimate of drug-likeness (QED) is 0.524. The average molecular weight is 393 g/mol. The Labute approximate surface area is 168 Å². The molecule has 29 heavy (non-hydrogen) atoms. The number of nitrogens with zero attached hydrogens (tertiary/aromatic N) is 3. The van der Waals surface area contributed by atoms with Crippen molar-refractivity contribution in [3.8, 4) is 17.0 Å². The second kappa shape index (κ2) is 7.67. The lowest BCUT2D eigenvalue weighted by atomic mass is 9.88. The highest BCUT2D eigenvalue weighted by molar-refractivity contribution is 6.01. The molecular formula is C22H23N3O4. The van der Waals surface area contributed by atoms with Crippen LogP contribution in [0.3, 0.4) is 0 Å². The fourth-order valence-electron chi connectivity index (χ4n) is 4.22. The van der Waals surface area contributed by atoms with Crippen LogP contribution >= 0.6 is 0 Å². The van der Waals surface area contributed by atoms with Crippen molar-refractivity contribution in [1.82, 2.24) is 9.47 Å². The number of aromatic nitrogens is 1. The van der Waals surface area contributed by atoms with Gasteiger partial charge < -0.3 is 9.84 Å². The van der Waals surface area contributed by atoms with Crippen molar-refractivity contribution in [1.29, 1.82) is 0 Å². The number of methoxy groups -OCH3 is 1. The molecule has 0 radical (unpaired) electrons. The SMILES string of the molecule is CCN1CCc2c(-c3ccccc3)cc3c(N=O)c(O)n(CC(=O)OC)c3c2C1. The Balaban J connectivity index is 2.07. The van der Waals surface area contributed by atoms with Crippen LogP contribution in [0, 0.1) is 4.91 Å². The number of hydrogen-bond donors (Lipinski definition) is 1. The van der Waals surface area contributed by atoms with E-state index in [9.17, 15) is 14.8 Å². The number of nitroso groups, excluding NO2 is 1. The summed E-state index contributed by atoms with van der Waals surface area (Å²) in [4.78, 5) is 25.9. The molecule has 0 aliphatic carbocycles. The Kier molecular flexibility index (Phi) is 5.07. The van der Waals surface area contributed by atoms with Gasteiger partial charge in [0.15, 0.2) is 5.69 Å². The average Bonchev–Trinajstić information content (AvgIpc) is 3.03. The van der Waals surface area contributed by atoms with E-state index in [1.54, 1.807) is 0 Å². The first-order valence-electron chi connectivity index (χ1n) is 9.66. The zero-order valence-electron chi connectivity index (χ0n) is 16.5. The van der Waals surface area contributed by atoms with Gasteiger partial charge in [-0.1, -0.05) is 37.3 Å². The molecule has 3 aromatic rings.